The van der Waals surface area contributed by atoms with E-state index < -0.39 is 5.41 Å². The predicted molar refractivity (Wildman–Crippen MR) is 98.8 cm³/mol. The highest BCUT2D eigenvalue weighted by atomic mass is 32.1. The van der Waals surface area contributed by atoms with Gasteiger partial charge in [-0.15, -0.1) is 11.3 Å². The maximum Gasteiger partial charge on any atom is 0.265 e. The molecule has 2 amide bonds. The van der Waals surface area contributed by atoms with Gasteiger partial charge in [-0.05, 0) is 32.8 Å². The van der Waals surface area contributed by atoms with Crippen molar-refractivity contribution in [2.24, 2.45) is 5.41 Å². The molecule has 0 aliphatic carbocycles. The van der Waals surface area contributed by atoms with E-state index in [1.54, 1.807) is 4.90 Å². The minimum atomic E-state index is -0.541. The molecule has 6 heteroatoms. The van der Waals surface area contributed by atoms with Gasteiger partial charge in [-0.25, -0.2) is 4.98 Å². The molecule has 1 aliphatic rings. The number of thiazole rings is 1. The van der Waals surface area contributed by atoms with Crippen molar-refractivity contribution in [3.8, 4) is 0 Å². The number of benzene rings is 1. The third-order valence-corrected chi connectivity index (χ3v) is 5.64. The van der Waals surface area contributed by atoms with E-state index in [1.165, 1.54) is 11.3 Å². The van der Waals surface area contributed by atoms with Gasteiger partial charge in [0, 0.05) is 19.6 Å². The Labute approximate surface area is 152 Å². The predicted octanol–water partition coefficient (Wildman–Crippen LogP) is 2.58. The lowest BCUT2D eigenvalue weighted by atomic mass is 9.73. The zero-order valence-corrected chi connectivity index (χ0v) is 15.7. The van der Waals surface area contributed by atoms with Crippen molar-refractivity contribution in [3.63, 3.8) is 0 Å². The zero-order chi connectivity index (χ0) is 18.0. The van der Waals surface area contributed by atoms with Crippen LogP contribution in [-0.2, 0) is 11.2 Å². The van der Waals surface area contributed by atoms with Crippen LogP contribution in [0.3, 0.4) is 0 Å². The van der Waals surface area contributed by atoms with Crippen molar-refractivity contribution in [2.45, 2.75) is 27.2 Å². The SMILES string of the molecule is CCNC(=O)C1(Cc2ccccc2)CN(C(=O)c2sc(C)nc2C)C1. The van der Waals surface area contributed by atoms with Gasteiger partial charge in [0.2, 0.25) is 5.91 Å². The molecule has 0 atom stereocenters. The van der Waals surface area contributed by atoms with Gasteiger partial charge in [-0.3, -0.25) is 9.59 Å². The standard InChI is InChI=1S/C19H23N3O2S/c1-4-20-18(24)19(10-15-8-6-5-7-9-15)11-22(12-19)17(23)16-13(2)21-14(3)25-16/h5-9H,4,10-12H2,1-3H3,(H,20,24). The monoisotopic (exact) mass is 357 g/mol. The van der Waals surface area contributed by atoms with E-state index in [0.29, 0.717) is 30.9 Å². The van der Waals surface area contributed by atoms with Crippen LogP contribution in [0.5, 0.6) is 0 Å². The van der Waals surface area contributed by atoms with Gasteiger partial charge < -0.3 is 10.2 Å². The molecule has 0 unspecified atom stereocenters. The van der Waals surface area contributed by atoms with Crippen molar-refractivity contribution >= 4 is 23.2 Å². The van der Waals surface area contributed by atoms with E-state index in [4.69, 9.17) is 0 Å². The van der Waals surface area contributed by atoms with Gasteiger partial charge in [-0.2, -0.15) is 0 Å². The first-order valence-electron chi connectivity index (χ1n) is 8.51. The third-order valence-electron chi connectivity index (χ3n) is 4.58. The second-order valence-electron chi connectivity index (χ2n) is 6.61. The lowest BCUT2D eigenvalue weighted by Crippen LogP contribution is -2.65. The van der Waals surface area contributed by atoms with Crippen molar-refractivity contribution < 1.29 is 9.59 Å². The summed E-state index contributed by atoms with van der Waals surface area (Å²) < 4.78 is 0. The fraction of sp³-hybridized carbons (Fsp3) is 0.421. The van der Waals surface area contributed by atoms with E-state index >= 15 is 0 Å². The number of amides is 2. The Morgan fingerprint density at radius 3 is 2.48 bits per heavy atom. The number of hydrogen-bond acceptors (Lipinski definition) is 4. The maximum atomic E-state index is 12.7. The molecule has 0 saturated carbocycles. The fourth-order valence-corrected chi connectivity index (χ4v) is 4.26. The summed E-state index contributed by atoms with van der Waals surface area (Å²) in [6.45, 7) is 7.16. The first kappa shape index (κ1) is 17.6. The van der Waals surface area contributed by atoms with Gasteiger partial charge >= 0.3 is 0 Å². The van der Waals surface area contributed by atoms with Gasteiger partial charge in [0.05, 0.1) is 16.1 Å². The van der Waals surface area contributed by atoms with Crippen molar-refractivity contribution in [1.82, 2.24) is 15.2 Å². The molecule has 2 heterocycles. The van der Waals surface area contributed by atoms with Gasteiger partial charge in [0.25, 0.3) is 5.91 Å². The first-order valence-corrected chi connectivity index (χ1v) is 9.32. The summed E-state index contributed by atoms with van der Waals surface area (Å²) in [6.07, 6.45) is 0.643. The van der Waals surface area contributed by atoms with E-state index in [2.05, 4.69) is 10.3 Å². The molecule has 1 aliphatic heterocycles. The normalized spacial score (nSPS) is 15.6. The zero-order valence-electron chi connectivity index (χ0n) is 14.8. The van der Waals surface area contributed by atoms with Crippen LogP contribution in [0, 0.1) is 19.3 Å². The van der Waals surface area contributed by atoms with Crippen LogP contribution in [0.2, 0.25) is 0 Å². The van der Waals surface area contributed by atoms with Crippen LogP contribution in [0.4, 0.5) is 0 Å². The summed E-state index contributed by atoms with van der Waals surface area (Å²) in [7, 11) is 0. The van der Waals surface area contributed by atoms with Crippen molar-refractivity contribution in [1.29, 1.82) is 0 Å². The Balaban J connectivity index is 1.77. The van der Waals surface area contributed by atoms with Crippen LogP contribution in [0.1, 0.15) is 32.9 Å². The number of hydrogen-bond donors (Lipinski definition) is 1. The van der Waals surface area contributed by atoms with Gasteiger partial charge in [-0.1, -0.05) is 30.3 Å². The number of carbonyl (C=O) groups excluding carboxylic acids is 2. The second-order valence-corrected chi connectivity index (χ2v) is 7.81. The van der Waals surface area contributed by atoms with Gasteiger partial charge in [0.1, 0.15) is 4.88 Å². The fourth-order valence-electron chi connectivity index (χ4n) is 3.37. The Bertz CT molecular complexity index is 779. The molecule has 0 spiro atoms. The summed E-state index contributed by atoms with van der Waals surface area (Å²) in [5.74, 6) is 0.0104. The number of nitrogens with one attached hydrogen (secondary N) is 1. The van der Waals surface area contributed by atoms with Crippen LogP contribution >= 0.6 is 11.3 Å². The molecular formula is C19H23N3O2S. The number of carbonyl (C=O) groups is 2. The maximum absolute atomic E-state index is 12.7. The van der Waals surface area contributed by atoms with Crippen LogP contribution in [0.25, 0.3) is 0 Å². The van der Waals surface area contributed by atoms with Crippen LogP contribution in [0.15, 0.2) is 30.3 Å². The quantitative estimate of drug-likeness (QED) is 0.895. The number of aromatic nitrogens is 1. The summed E-state index contributed by atoms with van der Waals surface area (Å²) >= 11 is 1.42. The Morgan fingerprint density at radius 2 is 1.92 bits per heavy atom. The Kier molecular flexibility index (Phi) is 4.90. The topological polar surface area (TPSA) is 62.3 Å². The summed E-state index contributed by atoms with van der Waals surface area (Å²) in [5, 5.41) is 3.83. The number of rotatable bonds is 5. The van der Waals surface area contributed by atoms with E-state index in [0.717, 1.165) is 16.3 Å². The van der Waals surface area contributed by atoms with Crippen LogP contribution in [-0.4, -0.2) is 41.3 Å². The number of likely N-dealkylation sites (tertiary alicyclic amines) is 1. The second kappa shape index (κ2) is 6.96. The molecule has 25 heavy (non-hydrogen) atoms. The molecule has 1 saturated heterocycles. The summed E-state index contributed by atoms with van der Waals surface area (Å²) in [5.41, 5.74) is 1.34. The highest BCUT2D eigenvalue weighted by molar-refractivity contribution is 7.13. The molecule has 0 radical (unpaired) electrons. The molecule has 1 aromatic carbocycles. The average molecular weight is 357 g/mol. The van der Waals surface area contributed by atoms with Crippen molar-refractivity contribution in [3.05, 3.63) is 51.5 Å². The highest BCUT2D eigenvalue weighted by Crippen LogP contribution is 2.36. The molecule has 0 bridgehead atoms. The van der Waals surface area contributed by atoms with Crippen molar-refractivity contribution in [2.75, 3.05) is 19.6 Å². The van der Waals surface area contributed by atoms with Crippen LogP contribution < -0.4 is 5.32 Å². The lowest BCUT2D eigenvalue weighted by molar-refractivity contribution is -0.139. The van der Waals surface area contributed by atoms with E-state index in [-0.39, 0.29) is 11.8 Å². The average Bonchev–Trinajstić information content (AvgIpc) is 2.89. The Hall–Kier alpha value is -2.21. The molecule has 5 nitrogen and oxygen atoms in total. The third kappa shape index (κ3) is 3.44. The minimum Gasteiger partial charge on any atom is -0.356 e. The molecule has 1 fully saturated rings. The summed E-state index contributed by atoms with van der Waals surface area (Å²) in [4.78, 5) is 32.2. The Morgan fingerprint density at radius 1 is 1.24 bits per heavy atom. The summed E-state index contributed by atoms with van der Waals surface area (Å²) in [6, 6.07) is 9.98. The van der Waals surface area contributed by atoms with Gasteiger partial charge in [0.15, 0.2) is 0 Å². The number of nitrogens with zero attached hydrogens (tertiary/aromatic N) is 2. The smallest absolute Gasteiger partial charge is 0.265 e. The largest absolute Gasteiger partial charge is 0.356 e. The first-order chi connectivity index (χ1) is 11.9. The van der Waals surface area contributed by atoms with E-state index in [1.807, 2.05) is 51.1 Å². The molecule has 2 aromatic rings. The molecule has 132 valence electrons. The lowest BCUT2D eigenvalue weighted by Gasteiger charge is -2.48. The molecule has 1 N–H and O–H groups in total. The molecule has 3 rings (SSSR count). The molecular weight excluding hydrogens is 334 g/mol. The number of aryl methyl sites for hydroxylation is 2. The minimum absolute atomic E-state index is 0.0175. The highest BCUT2D eigenvalue weighted by Gasteiger charge is 2.51. The molecule has 1 aromatic heterocycles. The van der Waals surface area contributed by atoms with E-state index in [9.17, 15) is 9.59 Å².